The first kappa shape index (κ1) is 14.1. The van der Waals surface area contributed by atoms with Gasteiger partial charge in [0.2, 0.25) is 5.88 Å². The zero-order chi connectivity index (χ0) is 15.2. The van der Waals surface area contributed by atoms with Crippen molar-refractivity contribution in [3.05, 3.63) is 17.2 Å². The number of nitrogens with zero attached hydrogens (tertiary/aromatic N) is 2. The Bertz CT molecular complexity index is 702. The van der Waals surface area contributed by atoms with E-state index in [1.165, 1.54) is 0 Å². The number of carbonyl (C=O) groups is 1. The molecule has 1 saturated heterocycles. The van der Waals surface area contributed by atoms with E-state index in [-0.39, 0.29) is 18.3 Å². The topological polar surface area (TPSA) is 88.6 Å². The highest BCUT2D eigenvalue weighted by atomic mass is 32.2. The molecule has 1 amide bonds. The molecule has 0 spiro atoms. The number of aromatic nitrogens is 1. The molecule has 0 saturated carbocycles. The summed E-state index contributed by atoms with van der Waals surface area (Å²) in [5.41, 5.74) is 0.943. The first-order valence-electron chi connectivity index (χ1n) is 6.83. The minimum atomic E-state index is -3.69. The summed E-state index contributed by atoms with van der Waals surface area (Å²) in [6, 6.07) is 2.03. The maximum Gasteiger partial charge on any atom is 0.307 e. The van der Waals surface area contributed by atoms with Gasteiger partial charge in [0, 0.05) is 24.7 Å². The van der Waals surface area contributed by atoms with Crippen molar-refractivity contribution in [1.82, 2.24) is 10.3 Å². The number of nitrogens with one attached hydrogen (secondary N) is 1. The zero-order valence-corrected chi connectivity index (χ0v) is 12.7. The second-order valence-corrected chi connectivity index (χ2v) is 7.04. The molecule has 2 aliphatic rings. The molecule has 21 heavy (non-hydrogen) atoms. The van der Waals surface area contributed by atoms with Crippen LogP contribution in [0.25, 0.3) is 0 Å². The molecular formula is C13H17N3O4S. The van der Waals surface area contributed by atoms with Crippen molar-refractivity contribution in [3.8, 4) is 5.88 Å². The molecule has 1 atom stereocenters. The Morgan fingerprint density at radius 3 is 2.86 bits per heavy atom. The highest BCUT2D eigenvalue weighted by molar-refractivity contribution is 7.86. The van der Waals surface area contributed by atoms with Gasteiger partial charge in [0.15, 0.2) is 0 Å². The predicted molar refractivity (Wildman–Crippen MR) is 76.9 cm³/mol. The lowest BCUT2D eigenvalue weighted by molar-refractivity contribution is 0.0965. The van der Waals surface area contributed by atoms with E-state index in [0.29, 0.717) is 23.0 Å². The average molecular weight is 311 g/mol. The summed E-state index contributed by atoms with van der Waals surface area (Å²) >= 11 is 0. The number of rotatable bonds is 3. The lowest BCUT2D eigenvalue weighted by atomic mass is 10.1. The van der Waals surface area contributed by atoms with Gasteiger partial charge < -0.3 is 14.4 Å². The van der Waals surface area contributed by atoms with Gasteiger partial charge in [-0.25, -0.2) is 0 Å². The summed E-state index contributed by atoms with van der Waals surface area (Å²) in [5, 5.41) is 2.67. The Labute approximate surface area is 123 Å². The molecule has 114 valence electrons. The number of amides is 1. The minimum Gasteiger partial charge on any atom is -0.361 e. The van der Waals surface area contributed by atoms with Crippen LogP contribution in [0.5, 0.6) is 5.88 Å². The Kier molecular flexibility index (Phi) is 3.27. The fourth-order valence-corrected chi connectivity index (χ4v) is 3.23. The number of hydrogen-bond acceptors (Lipinski definition) is 6. The normalized spacial score (nSPS) is 21.3. The summed E-state index contributed by atoms with van der Waals surface area (Å²) in [4.78, 5) is 18.3. The average Bonchev–Trinajstić information content (AvgIpc) is 2.95. The van der Waals surface area contributed by atoms with E-state index in [0.717, 1.165) is 25.6 Å². The maximum atomic E-state index is 11.9. The van der Waals surface area contributed by atoms with E-state index >= 15 is 0 Å². The number of anilines is 1. The quantitative estimate of drug-likeness (QED) is 0.825. The molecule has 1 fully saturated rings. The van der Waals surface area contributed by atoms with E-state index in [2.05, 4.69) is 22.1 Å². The molecule has 8 heteroatoms. The highest BCUT2D eigenvalue weighted by Crippen LogP contribution is 2.32. The van der Waals surface area contributed by atoms with E-state index in [9.17, 15) is 13.2 Å². The molecule has 0 bridgehead atoms. The van der Waals surface area contributed by atoms with Crippen LogP contribution in [0.15, 0.2) is 6.07 Å². The van der Waals surface area contributed by atoms with Crippen LogP contribution < -0.4 is 14.4 Å². The molecule has 7 nitrogen and oxygen atoms in total. The van der Waals surface area contributed by atoms with E-state index < -0.39 is 10.1 Å². The van der Waals surface area contributed by atoms with Gasteiger partial charge in [0.1, 0.15) is 5.82 Å². The van der Waals surface area contributed by atoms with Crippen LogP contribution in [-0.4, -0.2) is 38.2 Å². The van der Waals surface area contributed by atoms with Crippen molar-refractivity contribution in [2.75, 3.05) is 17.7 Å². The van der Waals surface area contributed by atoms with Crippen LogP contribution in [0.1, 0.15) is 35.7 Å². The third kappa shape index (κ3) is 2.67. The Morgan fingerprint density at radius 1 is 1.48 bits per heavy atom. The van der Waals surface area contributed by atoms with Gasteiger partial charge in [-0.05, 0) is 25.8 Å². The van der Waals surface area contributed by atoms with Crippen molar-refractivity contribution in [1.29, 1.82) is 0 Å². The smallest absolute Gasteiger partial charge is 0.307 e. The van der Waals surface area contributed by atoms with Crippen LogP contribution in [0.3, 0.4) is 0 Å². The predicted octanol–water partition coefficient (Wildman–Crippen LogP) is 0.652. The largest absolute Gasteiger partial charge is 0.361 e. The Morgan fingerprint density at radius 2 is 2.24 bits per heavy atom. The number of carbonyl (C=O) groups excluding carboxylic acids is 1. The van der Waals surface area contributed by atoms with Gasteiger partial charge in [-0.2, -0.15) is 13.4 Å². The third-order valence-electron chi connectivity index (χ3n) is 3.82. The van der Waals surface area contributed by atoms with Gasteiger partial charge in [-0.15, -0.1) is 0 Å². The monoisotopic (exact) mass is 311 g/mol. The number of hydrogen-bond donors (Lipinski definition) is 1. The van der Waals surface area contributed by atoms with E-state index in [4.69, 9.17) is 4.18 Å². The van der Waals surface area contributed by atoms with Crippen LogP contribution in [0.4, 0.5) is 5.82 Å². The minimum absolute atomic E-state index is 0.00227. The van der Waals surface area contributed by atoms with Crippen LogP contribution in [-0.2, 0) is 16.7 Å². The Hall–Kier alpha value is -1.83. The summed E-state index contributed by atoms with van der Waals surface area (Å²) in [6.45, 7) is 3.16. The fraction of sp³-hybridized carbons (Fsp3) is 0.538. The summed E-state index contributed by atoms with van der Waals surface area (Å²) in [7, 11) is -3.69. The van der Waals surface area contributed by atoms with Gasteiger partial charge >= 0.3 is 10.1 Å². The number of fused-ring (bicyclic) bond motifs is 1. The van der Waals surface area contributed by atoms with Crippen molar-refractivity contribution in [3.63, 3.8) is 0 Å². The number of pyridine rings is 1. The maximum absolute atomic E-state index is 11.9. The van der Waals surface area contributed by atoms with Crippen molar-refractivity contribution < 1.29 is 17.4 Å². The molecular weight excluding hydrogens is 294 g/mol. The molecule has 3 rings (SSSR count). The van der Waals surface area contributed by atoms with Gasteiger partial charge in [-0.3, -0.25) is 4.79 Å². The van der Waals surface area contributed by atoms with Gasteiger partial charge in [-0.1, -0.05) is 0 Å². The standard InChI is InChI=1S/C13H17N3O4S/c1-8-4-3-5-16(8)11-6-9-10(7-14-12(9)17)13(15-11)20-21(2,18)19/h6,8H,3-5,7H2,1-2H3,(H,14,17). The van der Waals surface area contributed by atoms with E-state index in [1.54, 1.807) is 6.07 Å². The van der Waals surface area contributed by atoms with Crippen molar-refractivity contribution in [2.24, 2.45) is 0 Å². The lowest BCUT2D eigenvalue weighted by Crippen LogP contribution is -2.27. The van der Waals surface area contributed by atoms with Crippen LogP contribution in [0, 0.1) is 0 Å². The molecule has 1 aromatic heterocycles. The molecule has 0 aliphatic carbocycles. The lowest BCUT2D eigenvalue weighted by Gasteiger charge is -2.23. The van der Waals surface area contributed by atoms with Crippen molar-refractivity contribution in [2.45, 2.75) is 32.4 Å². The second-order valence-electron chi connectivity index (χ2n) is 5.47. The fourth-order valence-electron chi connectivity index (χ4n) is 2.81. The molecule has 1 aromatic rings. The first-order valence-corrected chi connectivity index (χ1v) is 8.65. The first-order chi connectivity index (χ1) is 9.85. The van der Waals surface area contributed by atoms with E-state index in [1.807, 2.05) is 0 Å². The second kappa shape index (κ2) is 4.87. The van der Waals surface area contributed by atoms with Crippen molar-refractivity contribution >= 4 is 21.8 Å². The van der Waals surface area contributed by atoms with Gasteiger partial charge in [0.25, 0.3) is 5.91 Å². The molecule has 3 heterocycles. The summed E-state index contributed by atoms with van der Waals surface area (Å²) in [5.74, 6) is 0.371. The molecule has 1 N–H and O–H groups in total. The van der Waals surface area contributed by atoms with Crippen LogP contribution in [0.2, 0.25) is 0 Å². The van der Waals surface area contributed by atoms with Crippen LogP contribution >= 0.6 is 0 Å². The molecule has 0 aromatic carbocycles. The summed E-state index contributed by atoms with van der Waals surface area (Å²) in [6.07, 6.45) is 3.07. The van der Waals surface area contributed by atoms with Gasteiger partial charge in [0.05, 0.1) is 11.8 Å². The SMILES string of the molecule is CC1CCCN1c1cc2c(c(OS(C)(=O)=O)n1)CNC2=O. The molecule has 0 radical (unpaired) electrons. The third-order valence-corrected chi connectivity index (χ3v) is 4.28. The molecule has 2 aliphatic heterocycles. The highest BCUT2D eigenvalue weighted by Gasteiger charge is 2.30. The summed E-state index contributed by atoms with van der Waals surface area (Å²) < 4.78 is 27.8. The zero-order valence-electron chi connectivity index (χ0n) is 11.9. The Balaban J connectivity index is 2.08. The molecule has 1 unspecified atom stereocenters.